The summed E-state index contributed by atoms with van der Waals surface area (Å²) in [5.74, 6) is 0.0278. The SMILES string of the molecule is CC(C)(C)NC(=O)[C@H]1CCCO1. The molecule has 0 aromatic heterocycles. The highest BCUT2D eigenvalue weighted by Gasteiger charge is 2.26. The minimum absolute atomic E-state index is 0.0278. The number of hydrogen-bond donors (Lipinski definition) is 1. The molecule has 0 bridgehead atoms. The summed E-state index contributed by atoms with van der Waals surface area (Å²) < 4.78 is 5.25. The second kappa shape index (κ2) is 3.44. The van der Waals surface area contributed by atoms with E-state index in [1.165, 1.54) is 0 Å². The smallest absolute Gasteiger partial charge is 0.249 e. The van der Waals surface area contributed by atoms with Crippen molar-refractivity contribution < 1.29 is 9.53 Å². The fourth-order valence-electron chi connectivity index (χ4n) is 1.23. The first-order chi connectivity index (χ1) is 5.49. The average molecular weight is 171 g/mol. The summed E-state index contributed by atoms with van der Waals surface area (Å²) in [6, 6.07) is 0. The van der Waals surface area contributed by atoms with Gasteiger partial charge in [-0.1, -0.05) is 0 Å². The maximum atomic E-state index is 11.4. The van der Waals surface area contributed by atoms with E-state index in [0.717, 1.165) is 19.4 Å². The average Bonchev–Trinajstić information content (AvgIpc) is 2.32. The van der Waals surface area contributed by atoms with E-state index in [1.807, 2.05) is 20.8 Å². The first-order valence-corrected chi connectivity index (χ1v) is 4.43. The van der Waals surface area contributed by atoms with E-state index in [4.69, 9.17) is 4.74 Å². The summed E-state index contributed by atoms with van der Waals surface area (Å²) in [5, 5.41) is 2.90. The van der Waals surface area contributed by atoms with Gasteiger partial charge in [0.15, 0.2) is 0 Å². The van der Waals surface area contributed by atoms with E-state index in [-0.39, 0.29) is 17.6 Å². The van der Waals surface area contributed by atoms with E-state index in [9.17, 15) is 4.79 Å². The lowest BCUT2D eigenvalue weighted by molar-refractivity contribution is -0.131. The van der Waals surface area contributed by atoms with Crippen LogP contribution in [0.1, 0.15) is 33.6 Å². The van der Waals surface area contributed by atoms with Crippen LogP contribution in [0.15, 0.2) is 0 Å². The quantitative estimate of drug-likeness (QED) is 0.641. The molecule has 1 aliphatic rings. The van der Waals surface area contributed by atoms with Crippen molar-refractivity contribution in [3.05, 3.63) is 0 Å². The monoisotopic (exact) mass is 171 g/mol. The molecule has 3 heteroatoms. The predicted molar refractivity (Wildman–Crippen MR) is 46.9 cm³/mol. The summed E-state index contributed by atoms with van der Waals surface area (Å²) in [4.78, 5) is 11.4. The standard InChI is InChI=1S/C9H17NO2/c1-9(2,3)10-8(11)7-5-4-6-12-7/h7H,4-6H2,1-3H3,(H,10,11)/t7-/m1/s1. The molecular formula is C9H17NO2. The Bertz CT molecular complexity index is 166. The zero-order valence-corrected chi connectivity index (χ0v) is 8.02. The molecule has 12 heavy (non-hydrogen) atoms. The van der Waals surface area contributed by atoms with E-state index < -0.39 is 0 Å². The van der Waals surface area contributed by atoms with Crippen LogP contribution in [0.2, 0.25) is 0 Å². The number of carbonyl (C=O) groups excluding carboxylic acids is 1. The van der Waals surface area contributed by atoms with Gasteiger partial charge in [0.1, 0.15) is 6.10 Å². The highest BCUT2D eigenvalue weighted by atomic mass is 16.5. The Balaban J connectivity index is 2.37. The van der Waals surface area contributed by atoms with Crippen LogP contribution < -0.4 is 5.32 Å². The number of amides is 1. The number of rotatable bonds is 1. The molecule has 1 saturated heterocycles. The molecule has 70 valence electrons. The Morgan fingerprint density at radius 1 is 1.50 bits per heavy atom. The summed E-state index contributed by atoms with van der Waals surface area (Å²) in [7, 11) is 0. The Hall–Kier alpha value is -0.570. The third kappa shape index (κ3) is 2.81. The molecular weight excluding hydrogens is 154 g/mol. The second-order valence-corrected chi connectivity index (χ2v) is 4.24. The molecule has 1 amide bonds. The molecule has 0 aromatic rings. The number of hydrogen-bond acceptors (Lipinski definition) is 2. The summed E-state index contributed by atoms with van der Waals surface area (Å²) in [6.45, 7) is 6.64. The van der Waals surface area contributed by atoms with Crippen LogP contribution in [0.5, 0.6) is 0 Å². The number of nitrogens with one attached hydrogen (secondary N) is 1. The lowest BCUT2D eigenvalue weighted by Crippen LogP contribution is -2.45. The van der Waals surface area contributed by atoms with E-state index >= 15 is 0 Å². The van der Waals surface area contributed by atoms with Gasteiger partial charge in [0, 0.05) is 12.1 Å². The van der Waals surface area contributed by atoms with Crippen molar-refractivity contribution in [3.8, 4) is 0 Å². The van der Waals surface area contributed by atoms with Gasteiger partial charge in [-0.25, -0.2) is 0 Å². The lowest BCUT2D eigenvalue weighted by atomic mass is 10.1. The molecule has 0 radical (unpaired) electrons. The van der Waals surface area contributed by atoms with Gasteiger partial charge < -0.3 is 10.1 Å². The van der Waals surface area contributed by atoms with Gasteiger partial charge in [0.2, 0.25) is 5.91 Å². The van der Waals surface area contributed by atoms with Gasteiger partial charge in [-0.3, -0.25) is 4.79 Å². The molecule has 0 spiro atoms. The molecule has 0 aromatic carbocycles. The second-order valence-electron chi connectivity index (χ2n) is 4.24. The van der Waals surface area contributed by atoms with Gasteiger partial charge in [0.05, 0.1) is 0 Å². The fourth-order valence-corrected chi connectivity index (χ4v) is 1.23. The normalized spacial score (nSPS) is 24.1. The Labute approximate surface area is 73.5 Å². The van der Waals surface area contributed by atoms with Gasteiger partial charge in [-0.15, -0.1) is 0 Å². The summed E-state index contributed by atoms with van der Waals surface area (Å²) in [5.41, 5.74) is -0.150. The fraction of sp³-hybridized carbons (Fsp3) is 0.889. The lowest BCUT2D eigenvalue weighted by Gasteiger charge is -2.22. The Kier molecular flexibility index (Phi) is 2.73. The van der Waals surface area contributed by atoms with Crippen molar-refractivity contribution in [2.45, 2.75) is 45.3 Å². The van der Waals surface area contributed by atoms with E-state index in [1.54, 1.807) is 0 Å². The van der Waals surface area contributed by atoms with Gasteiger partial charge in [-0.2, -0.15) is 0 Å². The van der Waals surface area contributed by atoms with Crippen molar-refractivity contribution >= 4 is 5.91 Å². The predicted octanol–water partition coefficient (Wildman–Crippen LogP) is 1.08. The Morgan fingerprint density at radius 2 is 2.17 bits per heavy atom. The van der Waals surface area contributed by atoms with Crippen LogP contribution in [-0.2, 0) is 9.53 Å². The van der Waals surface area contributed by atoms with Gasteiger partial charge >= 0.3 is 0 Å². The Morgan fingerprint density at radius 3 is 2.58 bits per heavy atom. The minimum Gasteiger partial charge on any atom is -0.368 e. The van der Waals surface area contributed by atoms with Gasteiger partial charge in [0.25, 0.3) is 0 Å². The van der Waals surface area contributed by atoms with Crippen LogP contribution in [-0.4, -0.2) is 24.2 Å². The van der Waals surface area contributed by atoms with Crippen molar-refractivity contribution in [3.63, 3.8) is 0 Å². The largest absolute Gasteiger partial charge is 0.368 e. The number of carbonyl (C=O) groups is 1. The third-order valence-corrected chi connectivity index (χ3v) is 1.72. The highest BCUT2D eigenvalue weighted by molar-refractivity contribution is 5.81. The summed E-state index contributed by atoms with van der Waals surface area (Å²) in [6.07, 6.45) is 1.66. The van der Waals surface area contributed by atoms with E-state index in [2.05, 4.69) is 5.32 Å². The molecule has 1 N–H and O–H groups in total. The molecule has 1 fully saturated rings. The van der Waals surface area contributed by atoms with Crippen LogP contribution in [0.4, 0.5) is 0 Å². The molecule has 1 aliphatic heterocycles. The van der Waals surface area contributed by atoms with E-state index in [0.29, 0.717) is 0 Å². The zero-order valence-electron chi connectivity index (χ0n) is 8.02. The first-order valence-electron chi connectivity index (χ1n) is 4.43. The molecule has 1 heterocycles. The van der Waals surface area contributed by atoms with Crippen LogP contribution in [0, 0.1) is 0 Å². The van der Waals surface area contributed by atoms with Crippen molar-refractivity contribution in [1.29, 1.82) is 0 Å². The highest BCUT2D eigenvalue weighted by Crippen LogP contribution is 2.13. The van der Waals surface area contributed by atoms with Gasteiger partial charge in [-0.05, 0) is 33.6 Å². The molecule has 0 saturated carbocycles. The third-order valence-electron chi connectivity index (χ3n) is 1.72. The topological polar surface area (TPSA) is 38.3 Å². The molecule has 0 unspecified atom stereocenters. The summed E-state index contributed by atoms with van der Waals surface area (Å²) >= 11 is 0. The van der Waals surface area contributed by atoms with Crippen LogP contribution in [0.25, 0.3) is 0 Å². The number of ether oxygens (including phenoxy) is 1. The van der Waals surface area contributed by atoms with Crippen molar-refractivity contribution in [2.24, 2.45) is 0 Å². The molecule has 0 aliphatic carbocycles. The first kappa shape index (κ1) is 9.52. The van der Waals surface area contributed by atoms with Crippen LogP contribution in [0.3, 0.4) is 0 Å². The molecule has 3 nitrogen and oxygen atoms in total. The maximum Gasteiger partial charge on any atom is 0.249 e. The van der Waals surface area contributed by atoms with Crippen molar-refractivity contribution in [2.75, 3.05) is 6.61 Å². The van der Waals surface area contributed by atoms with Crippen LogP contribution >= 0.6 is 0 Å². The maximum absolute atomic E-state index is 11.4. The minimum atomic E-state index is -0.204. The molecule has 1 atom stereocenters. The molecule has 1 rings (SSSR count). The van der Waals surface area contributed by atoms with Crippen molar-refractivity contribution in [1.82, 2.24) is 5.32 Å². The zero-order chi connectivity index (χ0) is 9.19.